The van der Waals surface area contributed by atoms with Crippen LogP contribution in [0.2, 0.25) is 0 Å². The minimum absolute atomic E-state index is 0.0000698. The number of fused-ring (bicyclic) bond motifs is 1. The molecule has 238 valence electrons. The Hall–Kier alpha value is -3.80. The standard InChI is InChI=1S/C29H32O15/c1-11-22(34)24(36)26(38)28(40-11)44-27-25(37)23(35)20(10-39-12(2)30)43-29(27)42-19-8-15(32)7-18-21(19)16(33)9-17(41-18)13-3-5-14(31)6-4-13/h3-9,11,20,22-29,31-32,34-38H,10H2,1-2H3/t11-,20-,22-,23-,24-,25+,26-,27-,28-,29-/m0/s1. The Morgan fingerprint density at radius 3 is 2.23 bits per heavy atom. The van der Waals surface area contributed by atoms with Gasteiger partial charge in [0.1, 0.15) is 77.2 Å². The molecule has 2 aromatic carbocycles. The predicted octanol–water partition coefficient (Wildman–Crippen LogP) is -0.528. The fraction of sp³-hybridized carbons (Fsp3) is 0.448. The maximum absolute atomic E-state index is 13.3. The third kappa shape index (κ3) is 6.36. The van der Waals surface area contributed by atoms with Crippen LogP contribution < -0.4 is 10.2 Å². The zero-order chi connectivity index (χ0) is 31.9. The van der Waals surface area contributed by atoms with Crippen LogP contribution in [0, 0.1) is 0 Å². The molecule has 0 unspecified atom stereocenters. The molecule has 10 atom stereocenters. The van der Waals surface area contributed by atoms with Gasteiger partial charge in [-0.1, -0.05) is 0 Å². The van der Waals surface area contributed by atoms with E-state index in [0.717, 1.165) is 19.1 Å². The number of hydrogen-bond acceptors (Lipinski definition) is 15. The molecule has 2 aliphatic rings. The van der Waals surface area contributed by atoms with Crippen molar-refractivity contribution in [2.24, 2.45) is 0 Å². The number of aromatic hydroxyl groups is 2. The Morgan fingerprint density at radius 1 is 0.841 bits per heavy atom. The van der Waals surface area contributed by atoms with E-state index in [-0.39, 0.29) is 34.0 Å². The van der Waals surface area contributed by atoms with E-state index in [4.69, 9.17) is 28.1 Å². The summed E-state index contributed by atoms with van der Waals surface area (Å²) in [5, 5.41) is 72.5. The number of hydrogen-bond donors (Lipinski definition) is 7. The molecule has 0 spiro atoms. The molecule has 2 fully saturated rings. The highest BCUT2D eigenvalue weighted by molar-refractivity contribution is 5.86. The molecule has 0 saturated carbocycles. The van der Waals surface area contributed by atoms with Gasteiger partial charge in [0.25, 0.3) is 0 Å². The Labute approximate surface area is 249 Å². The van der Waals surface area contributed by atoms with Gasteiger partial charge in [-0.2, -0.15) is 0 Å². The third-order valence-corrected chi connectivity index (χ3v) is 7.37. The van der Waals surface area contributed by atoms with Gasteiger partial charge < -0.3 is 63.8 Å². The number of benzene rings is 2. The summed E-state index contributed by atoms with van der Waals surface area (Å²) in [6.45, 7) is 2.02. The monoisotopic (exact) mass is 620 g/mol. The summed E-state index contributed by atoms with van der Waals surface area (Å²) in [5.41, 5.74) is -0.251. The van der Waals surface area contributed by atoms with E-state index < -0.39 is 79.4 Å². The maximum atomic E-state index is 13.3. The van der Waals surface area contributed by atoms with E-state index in [1.807, 2.05) is 0 Å². The quantitative estimate of drug-likeness (QED) is 0.165. The van der Waals surface area contributed by atoms with Crippen LogP contribution in [0.3, 0.4) is 0 Å². The number of carbonyl (C=O) groups is 1. The largest absolute Gasteiger partial charge is 0.508 e. The molecule has 0 bridgehead atoms. The molecule has 2 aliphatic heterocycles. The van der Waals surface area contributed by atoms with Crippen LogP contribution >= 0.6 is 0 Å². The van der Waals surface area contributed by atoms with E-state index >= 15 is 0 Å². The number of phenolic OH excluding ortho intramolecular Hbond substituents is 2. The van der Waals surface area contributed by atoms with Crippen molar-refractivity contribution in [3.05, 3.63) is 52.7 Å². The molecule has 0 aliphatic carbocycles. The first kappa shape index (κ1) is 31.6. The van der Waals surface area contributed by atoms with E-state index in [0.29, 0.717) is 5.56 Å². The van der Waals surface area contributed by atoms with E-state index in [9.17, 15) is 45.3 Å². The van der Waals surface area contributed by atoms with Crippen LogP contribution in [0.1, 0.15) is 13.8 Å². The first-order valence-corrected chi connectivity index (χ1v) is 13.6. The van der Waals surface area contributed by atoms with Crippen molar-refractivity contribution in [3.8, 4) is 28.6 Å². The Morgan fingerprint density at radius 2 is 1.55 bits per heavy atom. The zero-order valence-corrected chi connectivity index (χ0v) is 23.4. The summed E-state index contributed by atoms with van der Waals surface area (Å²) in [4.78, 5) is 24.7. The summed E-state index contributed by atoms with van der Waals surface area (Å²) >= 11 is 0. The number of ether oxygens (including phenoxy) is 5. The van der Waals surface area contributed by atoms with E-state index in [2.05, 4.69) is 0 Å². The lowest BCUT2D eigenvalue weighted by molar-refractivity contribution is -0.354. The fourth-order valence-corrected chi connectivity index (χ4v) is 4.99. The van der Waals surface area contributed by atoms with Gasteiger partial charge in [0.15, 0.2) is 17.8 Å². The van der Waals surface area contributed by atoms with Gasteiger partial charge in [-0.25, -0.2) is 0 Å². The molecule has 15 heteroatoms. The second-order valence-corrected chi connectivity index (χ2v) is 10.6. The smallest absolute Gasteiger partial charge is 0.302 e. The Bertz CT molecular complexity index is 1540. The lowest BCUT2D eigenvalue weighted by atomic mass is 9.97. The van der Waals surface area contributed by atoms with Crippen molar-refractivity contribution in [1.29, 1.82) is 0 Å². The van der Waals surface area contributed by atoms with Crippen molar-refractivity contribution in [2.75, 3.05) is 6.61 Å². The van der Waals surface area contributed by atoms with Gasteiger partial charge in [0.2, 0.25) is 6.29 Å². The summed E-state index contributed by atoms with van der Waals surface area (Å²) < 4.78 is 33.7. The minimum Gasteiger partial charge on any atom is -0.508 e. The summed E-state index contributed by atoms with van der Waals surface area (Å²) in [7, 11) is 0. The highest BCUT2D eigenvalue weighted by Gasteiger charge is 2.51. The molecular weight excluding hydrogens is 588 g/mol. The summed E-state index contributed by atoms with van der Waals surface area (Å²) in [5.74, 6) is -1.26. The fourth-order valence-electron chi connectivity index (χ4n) is 4.99. The number of esters is 1. The highest BCUT2D eigenvalue weighted by atomic mass is 16.8. The van der Waals surface area contributed by atoms with E-state index in [1.54, 1.807) is 0 Å². The van der Waals surface area contributed by atoms with Crippen molar-refractivity contribution < 1.29 is 68.6 Å². The van der Waals surface area contributed by atoms with Gasteiger partial charge in [-0.05, 0) is 31.2 Å². The average molecular weight is 621 g/mol. The lowest BCUT2D eigenvalue weighted by Crippen LogP contribution is -2.64. The van der Waals surface area contributed by atoms with Crippen molar-refractivity contribution in [1.82, 2.24) is 0 Å². The molecule has 3 heterocycles. The van der Waals surface area contributed by atoms with E-state index in [1.165, 1.54) is 37.3 Å². The van der Waals surface area contributed by atoms with Crippen LogP contribution in [0.15, 0.2) is 51.7 Å². The lowest BCUT2D eigenvalue weighted by Gasteiger charge is -2.45. The van der Waals surface area contributed by atoms with Crippen LogP contribution in [0.5, 0.6) is 17.2 Å². The third-order valence-electron chi connectivity index (χ3n) is 7.37. The molecule has 0 amide bonds. The Balaban J connectivity index is 1.51. The molecule has 3 aromatic rings. The van der Waals surface area contributed by atoms with Crippen LogP contribution in [-0.2, 0) is 23.7 Å². The number of rotatable bonds is 7. The summed E-state index contributed by atoms with van der Waals surface area (Å²) in [6.07, 6.45) is -15.9. The molecule has 1 aromatic heterocycles. The molecule has 7 N–H and O–H groups in total. The SMILES string of the molecule is CC(=O)OC[C@@H]1O[C@H](Oc2cc(O)cc3oc(-c4ccc(O)cc4)cc(=O)c23)[C@@H](O[C@@H]2O[C@@H](C)[C@H](O)[C@H](O)[C@@H]2O)[C@H](O)[C@H]1O. The van der Waals surface area contributed by atoms with Gasteiger partial charge >= 0.3 is 5.97 Å². The number of aliphatic hydroxyl groups is 5. The first-order chi connectivity index (χ1) is 20.8. The number of phenols is 2. The van der Waals surface area contributed by atoms with Gasteiger partial charge in [0.05, 0.1) is 6.10 Å². The highest BCUT2D eigenvalue weighted by Crippen LogP contribution is 2.36. The van der Waals surface area contributed by atoms with Crippen molar-refractivity contribution in [2.45, 2.75) is 75.3 Å². The number of aliphatic hydroxyl groups excluding tert-OH is 5. The molecule has 5 rings (SSSR count). The normalized spacial score (nSPS) is 32.3. The topological polar surface area (TPSA) is 235 Å². The molecule has 0 radical (unpaired) electrons. The Kier molecular flexibility index (Phi) is 9.10. The van der Waals surface area contributed by atoms with Gasteiger partial charge in [0, 0.05) is 30.7 Å². The number of carbonyl (C=O) groups excluding carboxylic acids is 1. The first-order valence-electron chi connectivity index (χ1n) is 13.6. The van der Waals surface area contributed by atoms with Gasteiger partial charge in [-0.3, -0.25) is 9.59 Å². The average Bonchev–Trinajstić information content (AvgIpc) is 2.97. The van der Waals surface area contributed by atoms with Crippen LogP contribution in [0.4, 0.5) is 0 Å². The predicted molar refractivity (Wildman–Crippen MR) is 146 cm³/mol. The molecule has 15 nitrogen and oxygen atoms in total. The van der Waals surface area contributed by atoms with Gasteiger partial charge in [-0.15, -0.1) is 0 Å². The molecular formula is C29H32O15. The van der Waals surface area contributed by atoms with Crippen LogP contribution in [0.25, 0.3) is 22.3 Å². The second kappa shape index (κ2) is 12.7. The minimum atomic E-state index is -1.83. The van der Waals surface area contributed by atoms with Crippen molar-refractivity contribution in [3.63, 3.8) is 0 Å². The summed E-state index contributed by atoms with van der Waals surface area (Å²) in [6, 6.07) is 9.25. The molecule has 44 heavy (non-hydrogen) atoms. The molecule has 2 saturated heterocycles. The second-order valence-electron chi connectivity index (χ2n) is 10.6. The van der Waals surface area contributed by atoms with Crippen molar-refractivity contribution >= 4 is 16.9 Å². The van der Waals surface area contributed by atoms with Crippen LogP contribution in [-0.4, -0.2) is 110 Å². The maximum Gasteiger partial charge on any atom is 0.302 e. The zero-order valence-electron chi connectivity index (χ0n) is 23.4.